The van der Waals surface area contributed by atoms with Crippen LogP contribution in [-0.2, 0) is 11.2 Å². The van der Waals surface area contributed by atoms with Crippen LogP contribution in [-0.4, -0.2) is 57.5 Å². The van der Waals surface area contributed by atoms with Gasteiger partial charge >= 0.3 is 0 Å². The largest absolute Gasteiger partial charge is 0.508 e. The Kier molecular flexibility index (Phi) is 4.20. The van der Waals surface area contributed by atoms with Crippen molar-refractivity contribution in [3.63, 3.8) is 0 Å². The molecule has 0 radical (unpaired) electrons. The number of aromatic nitrogens is 1. The minimum absolute atomic E-state index is 0.201. The van der Waals surface area contributed by atoms with Gasteiger partial charge in [-0.05, 0) is 56.5 Å². The molecule has 2 bridgehead atoms. The number of phenolic OH excluding ortho intramolecular Hbond substituents is 1. The van der Waals surface area contributed by atoms with Gasteiger partial charge in [-0.1, -0.05) is 12.1 Å². The van der Waals surface area contributed by atoms with Crippen LogP contribution < -0.4 is 0 Å². The number of hydrogen-bond acceptors (Lipinski definition) is 5. The molecule has 0 saturated carbocycles. The summed E-state index contributed by atoms with van der Waals surface area (Å²) in [6.45, 7) is 4.99. The number of carbonyl (C=O) groups is 1. The van der Waals surface area contributed by atoms with E-state index in [0.717, 1.165) is 35.9 Å². The number of aryl methyl sites for hydroxylation is 1. The molecule has 6 rings (SSSR count). The summed E-state index contributed by atoms with van der Waals surface area (Å²) >= 11 is 1.60. The molecule has 4 saturated heterocycles. The summed E-state index contributed by atoms with van der Waals surface area (Å²) in [6, 6.07) is 8.29. The van der Waals surface area contributed by atoms with Crippen LogP contribution in [0.4, 0.5) is 0 Å². The molecule has 4 aliphatic heterocycles. The molecule has 142 valence electrons. The van der Waals surface area contributed by atoms with Gasteiger partial charge in [-0.3, -0.25) is 9.69 Å². The average molecular weight is 384 g/mol. The highest BCUT2D eigenvalue weighted by atomic mass is 32.1. The maximum absolute atomic E-state index is 13.2. The summed E-state index contributed by atoms with van der Waals surface area (Å²) in [6.07, 6.45) is 2.77. The highest BCUT2D eigenvalue weighted by molar-refractivity contribution is 7.09. The summed E-state index contributed by atoms with van der Waals surface area (Å²) in [7, 11) is 0. The van der Waals surface area contributed by atoms with Gasteiger partial charge in [0, 0.05) is 23.9 Å². The minimum atomic E-state index is 0.201. The number of amides is 1. The van der Waals surface area contributed by atoms with Crippen molar-refractivity contribution in [1.82, 2.24) is 14.8 Å². The fraction of sp³-hybridized carbons (Fsp3) is 0.524. The van der Waals surface area contributed by atoms with Gasteiger partial charge in [-0.15, -0.1) is 11.3 Å². The van der Waals surface area contributed by atoms with E-state index in [-0.39, 0.29) is 11.8 Å². The molecule has 3 atom stereocenters. The van der Waals surface area contributed by atoms with Gasteiger partial charge in [0.25, 0.3) is 0 Å². The molecule has 1 N–H and O–H groups in total. The Labute approximate surface area is 163 Å². The molecule has 3 unspecified atom stereocenters. The molecular formula is C21H25N3O2S. The molecule has 0 aliphatic carbocycles. The minimum Gasteiger partial charge on any atom is -0.508 e. The number of thiazole rings is 1. The van der Waals surface area contributed by atoms with Crippen molar-refractivity contribution in [1.29, 1.82) is 0 Å². The average Bonchev–Trinajstić information content (AvgIpc) is 3.28. The Bertz CT molecular complexity index is 859. The number of hydrogen-bond donors (Lipinski definition) is 1. The summed E-state index contributed by atoms with van der Waals surface area (Å²) in [4.78, 5) is 22.4. The first-order valence-corrected chi connectivity index (χ1v) is 10.7. The Morgan fingerprint density at radius 2 is 2.11 bits per heavy atom. The molecule has 5 heterocycles. The Morgan fingerprint density at radius 3 is 2.81 bits per heavy atom. The van der Waals surface area contributed by atoms with E-state index in [1.165, 1.54) is 12.8 Å². The predicted octanol–water partition coefficient (Wildman–Crippen LogP) is 2.79. The van der Waals surface area contributed by atoms with Gasteiger partial charge in [-0.2, -0.15) is 0 Å². The molecule has 0 spiro atoms. The zero-order chi connectivity index (χ0) is 18.5. The number of rotatable bonds is 3. The number of piperidine rings is 3. The quantitative estimate of drug-likeness (QED) is 0.886. The third-order valence-corrected chi connectivity index (χ3v) is 7.43. The van der Waals surface area contributed by atoms with Crippen molar-refractivity contribution >= 4 is 17.2 Å². The van der Waals surface area contributed by atoms with Crippen LogP contribution in [0.15, 0.2) is 29.6 Å². The van der Waals surface area contributed by atoms with Crippen molar-refractivity contribution in [2.75, 3.05) is 19.6 Å². The van der Waals surface area contributed by atoms with Crippen molar-refractivity contribution in [3.8, 4) is 5.75 Å². The summed E-state index contributed by atoms with van der Waals surface area (Å²) < 4.78 is 0. The maximum Gasteiger partial charge on any atom is 0.228 e. The number of fused-ring (bicyclic) bond motifs is 2. The molecule has 1 aromatic carbocycles. The van der Waals surface area contributed by atoms with E-state index in [4.69, 9.17) is 0 Å². The standard InChI is InChI=1S/C21H25N3O2S/c1-13-22-16(12-27-13)10-19(26)24-11-18(15-3-2-4-17(25)9-15)21-20(24)14-5-7-23(21)8-6-14/h2-4,9,12,14,18,20-21,25H,5-8,10-11H2,1H3. The number of benzene rings is 1. The first-order valence-electron chi connectivity index (χ1n) is 9.83. The van der Waals surface area contributed by atoms with Crippen molar-refractivity contribution in [3.05, 3.63) is 45.9 Å². The molecule has 4 aliphatic rings. The topological polar surface area (TPSA) is 56.7 Å². The molecule has 1 aromatic heterocycles. The van der Waals surface area contributed by atoms with Crippen LogP contribution in [0.25, 0.3) is 0 Å². The van der Waals surface area contributed by atoms with Gasteiger partial charge in [0.1, 0.15) is 5.75 Å². The van der Waals surface area contributed by atoms with Crippen molar-refractivity contribution in [2.45, 2.75) is 44.2 Å². The van der Waals surface area contributed by atoms with Gasteiger partial charge in [0.05, 0.1) is 23.2 Å². The Hall–Kier alpha value is -1.92. The third kappa shape index (κ3) is 2.95. The first-order chi connectivity index (χ1) is 13.1. The molecule has 27 heavy (non-hydrogen) atoms. The summed E-state index contributed by atoms with van der Waals surface area (Å²) in [5.74, 6) is 1.38. The van der Waals surface area contributed by atoms with E-state index in [1.54, 1.807) is 17.4 Å². The highest BCUT2D eigenvalue weighted by Gasteiger charge is 2.54. The van der Waals surface area contributed by atoms with E-state index >= 15 is 0 Å². The van der Waals surface area contributed by atoms with Crippen LogP contribution in [0.5, 0.6) is 5.75 Å². The van der Waals surface area contributed by atoms with Gasteiger partial charge < -0.3 is 10.0 Å². The normalized spacial score (nSPS) is 31.9. The second-order valence-electron chi connectivity index (χ2n) is 8.14. The maximum atomic E-state index is 13.2. The SMILES string of the molecule is Cc1nc(CC(=O)N2CC(c3cccc(O)c3)C3C2C2CCN3CC2)cs1. The zero-order valence-electron chi connectivity index (χ0n) is 15.5. The third-order valence-electron chi connectivity index (χ3n) is 6.61. The summed E-state index contributed by atoms with van der Waals surface area (Å²) in [5.41, 5.74) is 2.04. The monoisotopic (exact) mass is 383 g/mol. The van der Waals surface area contributed by atoms with Crippen LogP contribution in [0.1, 0.15) is 35.0 Å². The van der Waals surface area contributed by atoms with E-state index in [2.05, 4.69) is 20.9 Å². The van der Waals surface area contributed by atoms with Crippen LogP contribution >= 0.6 is 11.3 Å². The van der Waals surface area contributed by atoms with Gasteiger partial charge in [0.2, 0.25) is 5.91 Å². The molecule has 5 nitrogen and oxygen atoms in total. The number of likely N-dealkylation sites (tertiary alicyclic amines) is 1. The second-order valence-corrected chi connectivity index (χ2v) is 9.20. The smallest absolute Gasteiger partial charge is 0.228 e. The lowest BCUT2D eigenvalue weighted by molar-refractivity contribution is -0.135. The van der Waals surface area contributed by atoms with Crippen LogP contribution in [0.2, 0.25) is 0 Å². The number of aromatic hydroxyl groups is 1. The van der Waals surface area contributed by atoms with Crippen LogP contribution in [0.3, 0.4) is 0 Å². The molecule has 1 amide bonds. The molecule has 4 fully saturated rings. The first kappa shape index (κ1) is 17.2. The second kappa shape index (κ2) is 6.60. The van der Waals surface area contributed by atoms with Crippen molar-refractivity contribution in [2.24, 2.45) is 5.92 Å². The fourth-order valence-electron chi connectivity index (χ4n) is 5.50. The van der Waals surface area contributed by atoms with Crippen LogP contribution in [0, 0.1) is 12.8 Å². The van der Waals surface area contributed by atoms with E-state index in [0.29, 0.717) is 30.2 Å². The molecule has 2 aromatic rings. The van der Waals surface area contributed by atoms with Crippen molar-refractivity contribution < 1.29 is 9.90 Å². The lowest BCUT2D eigenvalue weighted by Gasteiger charge is -2.51. The summed E-state index contributed by atoms with van der Waals surface area (Å²) in [5, 5.41) is 13.0. The highest BCUT2D eigenvalue weighted by Crippen LogP contribution is 2.47. The predicted molar refractivity (Wildman–Crippen MR) is 105 cm³/mol. The van der Waals surface area contributed by atoms with Gasteiger partial charge in [-0.25, -0.2) is 4.98 Å². The van der Waals surface area contributed by atoms with Gasteiger partial charge in [0.15, 0.2) is 0 Å². The molecule has 6 heteroatoms. The fourth-order valence-corrected chi connectivity index (χ4v) is 6.11. The zero-order valence-corrected chi connectivity index (χ0v) is 16.4. The molecular weight excluding hydrogens is 358 g/mol. The van der Waals surface area contributed by atoms with E-state index in [9.17, 15) is 9.90 Å². The number of carbonyl (C=O) groups excluding carboxylic acids is 1. The van der Waals surface area contributed by atoms with E-state index in [1.807, 2.05) is 24.4 Å². The lowest BCUT2D eigenvalue weighted by atomic mass is 9.75. The lowest BCUT2D eigenvalue weighted by Crippen LogP contribution is -2.60. The number of phenols is 1. The Balaban J connectivity index is 1.46. The number of nitrogens with zero attached hydrogens (tertiary/aromatic N) is 3. The van der Waals surface area contributed by atoms with E-state index < -0.39 is 0 Å². The Morgan fingerprint density at radius 1 is 1.30 bits per heavy atom.